The van der Waals surface area contributed by atoms with Crippen LogP contribution in [0.4, 0.5) is 0 Å². The van der Waals surface area contributed by atoms with Crippen LogP contribution in [-0.4, -0.2) is 36.2 Å². The van der Waals surface area contributed by atoms with Gasteiger partial charge in [-0.05, 0) is 13.0 Å². The monoisotopic (exact) mass is 169 g/mol. The number of hydrogen-bond donors (Lipinski definition) is 1. The summed E-state index contributed by atoms with van der Waals surface area (Å²) in [5.41, 5.74) is 1.14. The van der Waals surface area contributed by atoms with Crippen LogP contribution >= 0.6 is 0 Å². The predicted molar refractivity (Wildman–Crippen MR) is 51.1 cm³/mol. The van der Waals surface area contributed by atoms with Gasteiger partial charge in [-0.1, -0.05) is 26.0 Å². The topological polar surface area (TPSA) is 23.5 Å². The first-order valence-corrected chi connectivity index (χ1v) is 4.64. The van der Waals surface area contributed by atoms with Crippen molar-refractivity contribution in [1.29, 1.82) is 0 Å². The summed E-state index contributed by atoms with van der Waals surface area (Å²) < 4.78 is 0. The molecule has 0 unspecified atom stereocenters. The molecule has 0 aromatic rings. The van der Waals surface area contributed by atoms with E-state index in [0.29, 0.717) is 0 Å². The maximum atomic E-state index is 9.25. The number of aliphatic hydroxyl groups is 1. The molecule has 0 radical (unpaired) electrons. The largest absolute Gasteiger partial charge is 0.395 e. The molecule has 70 valence electrons. The number of hydrogen-bond acceptors (Lipinski definition) is 2. The SMILES string of the molecule is C=C1CCN(CC)C[C@@]1(C)CO. The number of rotatable bonds is 2. The highest BCUT2D eigenvalue weighted by Gasteiger charge is 2.32. The zero-order valence-corrected chi connectivity index (χ0v) is 8.14. The van der Waals surface area contributed by atoms with Crippen LogP contribution in [0.15, 0.2) is 12.2 Å². The lowest BCUT2D eigenvalue weighted by Gasteiger charge is -2.40. The molecule has 1 fully saturated rings. The predicted octanol–water partition coefficient (Wildman–Crippen LogP) is 1.27. The van der Waals surface area contributed by atoms with Crippen molar-refractivity contribution < 1.29 is 5.11 Å². The van der Waals surface area contributed by atoms with Gasteiger partial charge in [-0.25, -0.2) is 0 Å². The van der Waals surface area contributed by atoms with E-state index in [1.54, 1.807) is 0 Å². The number of likely N-dealkylation sites (tertiary alicyclic amines) is 1. The lowest BCUT2D eigenvalue weighted by Crippen LogP contribution is -2.44. The van der Waals surface area contributed by atoms with Gasteiger partial charge < -0.3 is 10.0 Å². The second-order valence-corrected chi connectivity index (χ2v) is 3.94. The van der Waals surface area contributed by atoms with Crippen LogP contribution in [0.2, 0.25) is 0 Å². The fourth-order valence-corrected chi connectivity index (χ4v) is 1.71. The Morgan fingerprint density at radius 1 is 1.67 bits per heavy atom. The minimum atomic E-state index is -0.0613. The first-order valence-electron chi connectivity index (χ1n) is 4.64. The summed E-state index contributed by atoms with van der Waals surface area (Å²) in [6.45, 7) is 11.6. The van der Waals surface area contributed by atoms with Crippen LogP contribution in [0.5, 0.6) is 0 Å². The fraction of sp³-hybridized carbons (Fsp3) is 0.800. The average Bonchev–Trinajstić information content (AvgIpc) is 2.10. The summed E-state index contributed by atoms with van der Waals surface area (Å²) in [7, 11) is 0. The van der Waals surface area contributed by atoms with E-state index >= 15 is 0 Å². The van der Waals surface area contributed by atoms with E-state index in [1.807, 2.05) is 0 Å². The van der Waals surface area contributed by atoms with Gasteiger partial charge in [-0.2, -0.15) is 0 Å². The molecule has 0 saturated carbocycles. The molecule has 0 aromatic carbocycles. The summed E-state index contributed by atoms with van der Waals surface area (Å²) in [6.07, 6.45) is 1.03. The molecule has 2 heteroatoms. The lowest BCUT2D eigenvalue weighted by molar-refractivity contribution is 0.0934. The molecule has 1 aliphatic heterocycles. The standard InChI is InChI=1S/C10H19NO/c1-4-11-6-5-9(2)10(3,7-11)8-12/h12H,2,4-8H2,1,3H3/t10-/m0/s1. The Balaban J connectivity index is 2.65. The zero-order chi connectivity index (χ0) is 9.19. The van der Waals surface area contributed by atoms with Crippen molar-refractivity contribution in [3.05, 3.63) is 12.2 Å². The molecule has 0 bridgehead atoms. The minimum Gasteiger partial charge on any atom is -0.395 e. The Morgan fingerprint density at radius 2 is 2.33 bits per heavy atom. The third-order valence-electron chi connectivity index (χ3n) is 2.95. The van der Waals surface area contributed by atoms with Crippen molar-refractivity contribution in [2.24, 2.45) is 5.41 Å². The van der Waals surface area contributed by atoms with Crippen molar-refractivity contribution in [3.8, 4) is 0 Å². The van der Waals surface area contributed by atoms with Crippen molar-refractivity contribution in [3.63, 3.8) is 0 Å². The van der Waals surface area contributed by atoms with E-state index in [2.05, 4.69) is 25.3 Å². The van der Waals surface area contributed by atoms with Crippen LogP contribution in [0.3, 0.4) is 0 Å². The third kappa shape index (κ3) is 1.70. The molecule has 1 heterocycles. The molecule has 2 nitrogen and oxygen atoms in total. The van der Waals surface area contributed by atoms with Gasteiger partial charge >= 0.3 is 0 Å². The molecule has 12 heavy (non-hydrogen) atoms. The Morgan fingerprint density at radius 3 is 2.83 bits per heavy atom. The lowest BCUT2D eigenvalue weighted by atomic mass is 9.79. The number of aliphatic hydroxyl groups excluding tert-OH is 1. The Labute approximate surface area is 74.9 Å². The molecule has 1 N–H and O–H groups in total. The minimum absolute atomic E-state index is 0.0613. The van der Waals surface area contributed by atoms with Crippen molar-refractivity contribution in [2.45, 2.75) is 20.3 Å². The van der Waals surface area contributed by atoms with Crippen LogP contribution in [0.1, 0.15) is 20.3 Å². The molecule has 1 saturated heterocycles. The van der Waals surface area contributed by atoms with Gasteiger partial charge in [-0.15, -0.1) is 0 Å². The van der Waals surface area contributed by atoms with Gasteiger partial charge in [0, 0.05) is 18.5 Å². The van der Waals surface area contributed by atoms with Crippen molar-refractivity contribution in [1.82, 2.24) is 4.90 Å². The van der Waals surface area contributed by atoms with Gasteiger partial charge in [0.1, 0.15) is 0 Å². The highest BCUT2D eigenvalue weighted by Crippen LogP contribution is 2.32. The molecule has 1 rings (SSSR count). The van der Waals surface area contributed by atoms with E-state index in [4.69, 9.17) is 0 Å². The summed E-state index contributed by atoms with van der Waals surface area (Å²) in [6, 6.07) is 0. The molecular formula is C10H19NO. The molecule has 1 atom stereocenters. The summed E-state index contributed by atoms with van der Waals surface area (Å²) in [5.74, 6) is 0. The first-order chi connectivity index (χ1) is 5.62. The molecule has 0 amide bonds. The number of piperidine rings is 1. The average molecular weight is 169 g/mol. The van der Waals surface area contributed by atoms with E-state index < -0.39 is 0 Å². The highest BCUT2D eigenvalue weighted by molar-refractivity contribution is 5.13. The van der Waals surface area contributed by atoms with Gasteiger partial charge in [0.2, 0.25) is 0 Å². The van der Waals surface area contributed by atoms with E-state index in [-0.39, 0.29) is 12.0 Å². The molecular weight excluding hydrogens is 150 g/mol. The van der Waals surface area contributed by atoms with Crippen molar-refractivity contribution >= 4 is 0 Å². The van der Waals surface area contributed by atoms with Gasteiger partial charge in [0.25, 0.3) is 0 Å². The van der Waals surface area contributed by atoms with Crippen LogP contribution in [0.25, 0.3) is 0 Å². The quantitative estimate of drug-likeness (QED) is 0.629. The number of nitrogens with zero attached hydrogens (tertiary/aromatic N) is 1. The zero-order valence-electron chi connectivity index (χ0n) is 8.14. The summed E-state index contributed by atoms with van der Waals surface area (Å²) in [4.78, 5) is 2.37. The molecule has 1 aliphatic rings. The summed E-state index contributed by atoms with van der Waals surface area (Å²) in [5, 5.41) is 9.25. The fourth-order valence-electron chi connectivity index (χ4n) is 1.71. The maximum absolute atomic E-state index is 9.25. The normalized spacial score (nSPS) is 32.4. The van der Waals surface area contributed by atoms with Crippen LogP contribution in [0, 0.1) is 5.41 Å². The smallest absolute Gasteiger partial charge is 0.0534 e. The maximum Gasteiger partial charge on any atom is 0.0534 e. The molecule has 0 aliphatic carbocycles. The van der Waals surface area contributed by atoms with Gasteiger partial charge in [-0.3, -0.25) is 0 Å². The Hall–Kier alpha value is -0.340. The summed E-state index contributed by atoms with van der Waals surface area (Å²) >= 11 is 0. The second kappa shape index (κ2) is 3.58. The molecule has 0 spiro atoms. The van der Waals surface area contributed by atoms with Crippen LogP contribution in [-0.2, 0) is 0 Å². The van der Waals surface area contributed by atoms with E-state index in [0.717, 1.165) is 26.1 Å². The van der Waals surface area contributed by atoms with Gasteiger partial charge in [0.15, 0.2) is 0 Å². The van der Waals surface area contributed by atoms with Crippen molar-refractivity contribution in [2.75, 3.05) is 26.2 Å². The molecule has 0 aromatic heterocycles. The Bertz CT molecular complexity index is 179. The van der Waals surface area contributed by atoms with Gasteiger partial charge in [0.05, 0.1) is 6.61 Å². The highest BCUT2D eigenvalue weighted by atomic mass is 16.3. The van der Waals surface area contributed by atoms with Crippen LogP contribution < -0.4 is 0 Å². The second-order valence-electron chi connectivity index (χ2n) is 3.94. The first kappa shape index (κ1) is 9.75. The third-order valence-corrected chi connectivity index (χ3v) is 2.95. The van der Waals surface area contributed by atoms with E-state index in [9.17, 15) is 5.11 Å². The Kier molecular flexibility index (Phi) is 2.91. The van der Waals surface area contributed by atoms with E-state index in [1.165, 1.54) is 5.57 Å².